The van der Waals surface area contributed by atoms with Gasteiger partial charge < -0.3 is 18.8 Å². The fourth-order valence-electron chi connectivity index (χ4n) is 5.99. The van der Waals surface area contributed by atoms with E-state index in [1.54, 1.807) is 11.0 Å². The van der Waals surface area contributed by atoms with E-state index in [2.05, 4.69) is 48.1 Å². The minimum Gasteiger partial charge on any atom is -0.489 e. The van der Waals surface area contributed by atoms with E-state index < -0.39 is 20.3 Å². The van der Waals surface area contributed by atoms with Crippen LogP contribution in [0.1, 0.15) is 71.9 Å². The molecule has 0 fully saturated rings. The lowest BCUT2D eigenvalue weighted by atomic mass is 10.1. The Kier molecular flexibility index (Phi) is 14.3. The largest absolute Gasteiger partial charge is 0.489 e. The van der Waals surface area contributed by atoms with Crippen LogP contribution in [0.3, 0.4) is 0 Å². The highest BCUT2D eigenvalue weighted by Gasteiger charge is 2.45. The first-order valence-electron chi connectivity index (χ1n) is 14.9. The van der Waals surface area contributed by atoms with Gasteiger partial charge in [0.1, 0.15) is 18.4 Å². The number of amides is 1. The molecule has 0 bridgehead atoms. The Hall–Kier alpha value is -2.90. The molecular formula is C34H51NO5Si. The van der Waals surface area contributed by atoms with E-state index >= 15 is 0 Å². The molecule has 2 aromatic rings. The minimum atomic E-state index is -2.00. The lowest BCUT2D eigenvalue weighted by Crippen LogP contribution is -2.48. The van der Waals surface area contributed by atoms with Crippen molar-refractivity contribution in [2.24, 2.45) is 0 Å². The van der Waals surface area contributed by atoms with Gasteiger partial charge in [-0.2, -0.15) is 0 Å². The maximum atomic E-state index is 13.4. The lowest BCUT2D eigenvalue weighted by molar-refractivity contribution is -0.152. The Morgan fingerprint density at radius 2 is 1.51 bits per heavy atom. The number of carbonyl (C=O) groups is 2. The first-order chi connectivity index (χ1) is 19.6. The van der Waals surface area contributed by atoms with Crippen LogP contribution >= 0.6 is 0 Å². The highest BCUT2D eigenvalue weighted by Crippen LogP contribution is 2.42. The summed E-state index contributed by atoms with van der Waals surface area (Å²) in [6, 6.07) is 17.2. The molecule has 0 aromatic heterocycles. The third-order valence-corrected chi connectivity index (χ3v) is 14.1. The van der Waals surface area contributed by atoms with E-state index in [1.165, 1.54) is 7.11 Å². The summed E-state index contributed by atoms with van der Waals surface area (Å²) in [6.45, 7) is 18.8. The molecule has 0 aliphatic carbocycles. The molecule has 0 aliphatic rings. The Bertz CT molecular complexity index is 1050. The predicted molar refractivity (Wildman–Crippen MR) is 169 cm³/mol. The van der Waals surface area contributed by atoms with Crippen molar-refractivity contribution in [2.75, 3.05) is 20.3 Å². The monoisotopic (exact) mass is 581 g/mol. The summed E-state index contributed by atoms with van der Waals surface area (Å²) in [5.41, 5.74) is 3.61. The normalized spacial score (nSPS) is 12.4. The van der Waals surface area contributed by atoms with E-state index in [-0.39, 0.29) is 18.9 Å². The smallest absolute Gasteiger partial charge is 0.328 e. The van der Waals surface area contributed by atoms with Crippen LogP contribution in [0.4, 0.5) is 0 Å². The number of nitrogens with zero attached hydrogens (tertiary/aromatic N) is 1. The molecule has 2 rings (SSSR count). The zero-order chi connectivity index (χ0) is 30.4. The van der Waals surface area contributed by atoms with Gasteiger partial charge in [0, 0.05) is 19.6 Å². The van der Waals surface area contributed by atoms with Gasteiger partial charge in [-0.3, -0.25) is 4.79 Å². The molecule has 0 aliphatic heterocycles. The standard InChI is InChI=1S/C34H51NO5Si/c1-9-23-35(32(34(37)38-8)16-13-24-40-41(26(2)3,27(4)5)28(6)7)33(36)22-19-29-17-20-31(21-18-29)39-25-30-14-11-10-12-15-30/h9-12,14-15,17-18,20-21,26-28,32H,1,13,16,19,22-25H2,2-8H3/t32-/m0/s1. The van der Waals surface area contributed by atoms with Gasteiger partial charge in [0.2, 0.25) is 5.91 Å². The van der Waals surface area contributed by atoms with Gasteiger partial charge >= 0.3 is 5.97 Å². The maximum Gasteiger partial charge on any atom is 0.328 e. The molecule has 0 unspecified atom stereocenters. The number of benzene rings is 2. The lowest BCUT2D eigenvalue weighted by Gasteiger charge is -2.42. The van der Waals surface area contributed by atoms with Crippen molar-refractivity contribution in [3.8, 4) is 5.75 Å². The summed E-state index contributed by atoms with van der Waals surface area (Å²) in [5.74, 6) is 0.283. The molecule has 0 saturated heterocycles. The van der Waals surface area contributed by atoms with Crippen molar-refractivity contribution < 1.29 is 23.5 Å². The molecule has 2 aromatic carbocycles. The van der Waals surface area contributed by atoms with Gasteiger partial charge in [-0.15, -0.1) is 6.58 Å². The molecule has 226 valence electrons. The van der Waals surface area contributed by atoms with Crippen molar-refractivity contribution in [3.63, 3.8) is 0 Å². The topological polar surface area (TPSA) is 65.1 Å². The second-order valence-corrected chi connectivity index (χ2v) is 17.1. The molecular weight excluding hydrogens is 530 g/mol. The zero-order valence-electron chi connectivity index (χ0n) is 26.2. The Labute approximate surface area is 249 Å². The average Bonchev–Trinajstić information content (AvgIpc) is 2.96. The first kappa shape index (κ1) is 34.3. The second kappa shape index (κ2) is 17.1. The molecule has 1 atom stereocenters. The number of ether oxygens (including phenoxy) is 2. The van der Waals surface area contributed by atoms with Crippen molar-refractivity contribution in [1.82, 2.24) is 4.90 Å². The third-order valence-electron chi connectivity index (χ3n) is 7.98. The van der Waals surface area contributed by atoms with Gasteiger partial charge in [0.05, 0.1) is 7.11 Å². The molecule has 0 N–H and O–H groups in total. The summed E-state index contributed by atoms with van der Waals surface area (Å²) in [5, 5.41) is 0. The summed E-state index contributed by atoms with van der Waals surface area (Å²) in [6.07, 6.45) is 3.67. The summed E-state index contributed by atoms with van der Waals surface area (Å²) in [7, 11) is -0.625. The van der Waals surface area contributed by atoms with Gasteiger partial charge in [0.15, 0.2) is 8.32 Å². The molecule has 0 heterocycles. The number of carbonyl (C=O) groups excluding carboxylic acids is 2. The number of aryl methyl sites for hydroxylation is 1. The van der Waals surface area contributed by atoms with Crippen LogP contribution in [-0.4, -0.2) is 51.4 Å². The maximum absolute atomic E-state index is 13.4. The number of methoxy groups -OCH3 is 1. The SMILES string of the molecule is C=CCN(C(=O)CCc1ccc(OCc2ccccc2)cc1)[C@@H](CCCO[Si](C(C)C)(C(C)C)C(C)C)C(=O)OC. The van der Waals surface area contributed by atoms with Gasteiger partial charge in [0.25, 0.3) is 0 Å². The van der Waals surface area contributed by atoms with E-state index in [1.807, 2.05) is 54.6 Å². The van der Waals surface area contributed by atoms with Crippen LogP contribution in [0, 0.1) is 0 Å². The van der Waals surface area contributed by atoms with Gasteiger partial charge in [-0.05, 0) is 59.1 Å². The highest BCUT2D eigenvalue weighted by molar-refractivity contribution is 6.77. The van der Waals surface area contributed by atoms with E-state index in [4.69, 9.17) is 13.9 Å². The molecule has 0 radical (unpaired) electrons. The van der Waals surface area contributed by atoms with Crippen LogP contribution in [-0.2, 0) is 31.8 Å². The molecule has 1 amide bonds. The van der Waals surface area contributed by atoms with Crippen molar-refractivity contribution in [3.05, 3.63) is 78.4 Å². The number of hydrogen-bond donors (Lipinski definition) is 0. The van der Waals surface area contributed by atoms with Crippen molar-refractivity contribution in [1.29, 1.82) is 0 Å². The minimum absolute atomic E-state index is 0.0964. The van der Waals surface area contributed by atoms with Crippen LogP contribution < -0.4 is 4.74 Å². The van der Waals surface area contributed by atoms with Gasteiger partial charge in [-0.25, -0.2) is 4.79 Å². The Morgan fingerprint density at radius 1 is 0.902 bits per heavy atom. The van der Waals surface area contributed by atoms with Crippen molar-refractivity contribution in [2.45, 2.75) is 96.5 Å². The van der Waals surface area contributed by atoms with Crippen LogP contribution in [0.25, 0.3) is 0 Å². The fourth-order valence-corrected chi connectivity index (χ4v) is 11.5. The van der Waals surface area contributed by atoms with Crippen LogP contribution in [0.2, 0.25) is 16.6 Å². The van der Waals surface area contributed by atoms with E-state index in [0.29, 0.717) is 49.1 Å². The first-order valence-corrected chi connectivity index (χ1v) is 17.1. The molecule has 6 nitrogen and oxygen atoms in total. The Balaban J connectivity index is 1.99. The third kappa shape index (κ3) is 9.85. The van der Waals surface area contributed by atoms with Crippen LogP contribution in [0.15, 0.2) is 67.3 Å². The fraction of sp³-hybridized carbons (Fsp3) is 0.529. The molecule has 7 heteroatoms. The average molecular weight is 582 g/mol. The van der Waals surface area contributed by atoms with E-state index in [0.717, 1.165) is 16.9 Å². The highest BCUT2D eigenvalue weighted by atomic mass is 28.4. The quantitative estimate of drug-likeness (QED) is 0.0780. The molecule has 0 saturated carbocycles. The summed E-state index contributed by atoms with van der Waals surface area (Å²) >= 11 is 0. The number of hydrogen-bond acceptors (Lipinski definition) is 5. The van der Waals surface area contributed by atoms with Gasteiger partial charge in [-0.1, -0.05) is 90.1 Å². The van der Waals surface area contributed by atoms with Crippen LogP contribution in [0.5, 0.6) is 5.75 Å². The van der Waals surface area contributed by atoms with E-state index in [9.17, 15) is 9.59 Å². The number of esters is 1. The summed E-state index contributed by atoms with van der Waals surface area (Å²) in [4.78, 5) is 27.8. The Morgan fingerprint density at radius 3 is 2.05 bits per heavy atom. The van der Waals surface area contributed by atoms with Crippen molar-refractivity contribution >= 4 is 20.2 Å². The zero-order valence-corrected chi connectivity index (χ0v) is 27.2. The number of rotatable bonds is 18. The molecule has 0 spiro atoms. The molecule has 41 heavy (non-hydrogen) atoms. The summed E-state index contributed by atoms with van der Waals surface area (Å²) < 4.78 is 17.7. The predicted octanol–water partition coefficient (Wildman–Crippen LogP) is 7.73. The second-order valence-electron chi connectivity index (χ2n) is 11.6.